The van der Waals surface area contributed by atoms with Crippen molar-refractivity contribution in [2.75, 3.05) is 12.3 Å². The Bertz CT molecular complexity index is 1690. The van der Waals surface area contributed by atoms with E-state index in [-0.39, 0.29) is 29.1 Å². The first kappa shape index (κ1) is 32.1. The number of nitrogens with one attached hydrogen (secondary N) is 1. The van der Waals surface area contributed by atoms with Crippen molar-refractivity contribution in [3.05, 3.63) is 52.1 Å². The number of ether oxygens (including phenoxy) is 2. The van der Waals surface area contributed by atoms with Crippen LogP contribution in [0.2, 0.25) is 0 Å². The first-order valence-corrected chi connectivity index (χ1v) is 16.2. The molecule has 9 N–H and O–H groups in total. The molecule has 1 aliphatic rings. The first-order valence-electron chi connectivity index (χ1n) is 11.7. The Hall–Kier alpha value is -2.83. The van der Waals surface area contributed by atoms with Gasteiger partial charge in [-0.15, -0.1) is 0 Å². The van der Waals surface area contributed by atoms with Crippen molar-refractivity contribution in [1.82, 2.24) is 19.5 Å². The molecule has 0 amide bonds. The molecule has 42 heavy (non-hydrogen) atoms. The van der Waals surface area contributed by atoms with Gasteiger partial charge < -0.3 is 40.5 Å². The fraction of sp³-hybridized carbons (Fsp3) is 0.368. The molecule has 1 aliphatic heterocycles. The zero-order chi connectivity index (χ0) is 31.0. The maximum absolute atomic E-state index is 13.1. The van der Waals surface area contributed by atoms with Crippen molar-refractivity contribution in [2.45, 2.75) is 37.8 Å². The van der Waals surface area contributed by atoms with Gasteiger partial charge in [-0.2, -0.15) is 13.6 Å². The van der Waals surface area contributed by atoms with Crippen LogP contribution < -0.4 is 17.0 Å². The Balaban J connectivity index is 1.59. The van der Waals surface area contributed by atoms with E-state index in [0.717, 1.165) is 0 Å². The predicted molar refractivity (Wildman–Crippen MR) is 139 cm³/mol. The number of imidazole rings is 1. The lowest BCUT2D eigenvalue weighted by Gasteiger charge is -2.21. The molecule has 4 rings (SSSR count). The van der Waals surface area contributed by atoms with E-state index in [0.29, 0.717) is 5.56 Å². The Labute approximate surface area is 235 Å². The number of benzene rings is 1. The number of phosphoric ester groups is 1. The molecule has 230 valence electrons. The number of esters is 1. The van der Waals surface area contributed by atoms with Gasteiger partial charge in [-0.25, -0.2) is 23.5 Å². The SMILES string of the molecule is CC(N)c1ccccc1C(=O)O[C@@H]1CC(n2cnc3c(=O)[nH]c(N)nc32)OC1COP(=O)(O)OP(=O)(O)OP(=O)(O)O. The number of carbonyl (C=O) groups is 1. The lowest BCUT2D eigenvalue weighted by Crippen LogP contribution is -2.31. The highest BCUT2D eigenvalue weighted by Crippen LogP contribution is 2.66. The van der Waals surface area contributed by atoms with Crippen LogP contribution in [-0.4, -0.2) is 63.9 Å². The maximum atomic E-state index is 13.1. The van der Waals surface area contributed by atoms with Crippen molar-refractivity contribution in [3.63, 3.8) is 0 Å². The summed E-state index contributed by atoms with van der Waals surface area (Å²) in [6, 6.07) is 5.79. The summed E-state index contributed by atoms with van der Waals surface area (Å²) in [6.07, 6.45) is -2.57. The van der Waals surface area contributed by atoms with Crippen molar-refractivity contribution in [1.29, 1.82) is 0 Å². The number of fused-ring (bicyclic) bond motifs is 1. The number of nitrogens with two attached hydrogens (primary N) is 2. The second kappa shape index (κ2) is 12.0. The highest BCUT2D eigenvalue weighted by molar-refractivity contribution is 7.66. The van der Waals surface area contributed by atoms with Crippen LogP contribution >= 0.6 is 23.5 Å². The summed E-state index contributed by atoms with van der Waals surface area (Å²) in [5.41, 5.74) is 11.4. The molecule has 1 saturated heterocycles. The minimum Gasteiger partial charge on any atom is -0.456 e. The Morgan fingerprint density at radius 2 is 1.88 bits per heavy atom. The molecule has 6 atom stereocenters. The van der Waals surface area contributed by atoms with Gasteiger partial charge in [0.1, 0.15) is 18.4 Å². The molecular formula is C19H25N6O14P3. The average Bonchev–Trinajstić information content (AvgIpc) is 3.44. The van der Waals surface area contributed by atoms with Gasteiger partial charge >= 0.3 is 29.4 Å². The number of H-pyrrole nitrogens is 1. The van der Waals surface area contributed by atoms with Gasteiger partial charge in [-0.3, -0.25) is 18.9 Å². The molecule has 3 aromatic rings. The number of rotatable bonds is 11. The van der Waals surface area contributed by atoms with Gasteiger partial charge in [0, 0.05) is 12.5 Å². The first-order chi connectivity index (χ1) is 19.4. The normalized spacial score (nSPS) is 22.9. The van der Waals surface area contributed by atoms with Crippen LogP contribution in [0.15, 0.2) is 35.4 Å². The quantitative estimate of drug-likeness (QED) is 0.110. The van der Waals surface area contributed by atoms with E-state index in [4.69, 9.17) is 35.3 Å². The summed E-state index contributed by atoms with van der Waals surface area (Å²) >= 11 is 0. The smallest absolute Gasteiger partial charge is 0.456 e. The number of nitrogen functional groups attached to an aromatic ring is 1. The van der Waals surface area contributed by atoms with E-state index < -0.39 is 66.1 Å². The van der Waals surface area contributed by atoms with Crippen LogP contribution in [0, 0.1) is 0 Å². The predicted octanol–water partition coefficient (Wildman–Crippen LogP) is 0.578. The maximum Gasteiger partial charge on any atom is 0.490 e. The van der Waals surface area contributed by atoms with Crippen LogP contribution in [-0.2, 0) is 36.3 Å². The molecule has 0 radical (unpaired) electrons. The van der Waals surface area contributed by atoms with Crippen LogP contribution in [0.1, 0.15) is 41.5 Å². The molecule has 0 bridgehead atoms. The van der Waals surface area contributed by atoms with Gasteiger partial charge in [0.05, 0.1) is 18.5 Å². The van der Waals surface area contributed by atoms with Crippen molar-refractivity contribution >= 4 is 46.5 Å². The van der Waals surface area contributed by atoms with E-state index >= 15 is 0 Å². The number of hydrogen-bond acceptors (Lipinski definition) is 14. The van der Waals surface area contributed by atoms with Crippen molar-refractivity contribution in [3.8, 4) is 0 Å². The third-order valence-corrected chi connectivity index (χ3v) is 9.49. The largest absolute Gasteiger partial charge is 0.490 e. The second-order valence-electron chi connectivity index (χ2n) is 8.85. The highest BCUT2D eigenvalue weighted by Gasteiger charge is 2.44. The second-order valence-corrected chi connectivity index (χ2v) is 13.3. The van der Waals surface area contributed by atoms with Crippen LogP contribution in [0.4, 0.5) is 5.95 Å². The van der Waals surface area contributed by atoms with Crippen LogP contribution in [0.25, 0.3) is 11.2 Å². The molecule has 1 fully saturated rings. The summed E-state index contributed by atoms with van der Waals surface area (Å²) in [6.45, 7) is 0.729. The van der Waals surface area contributed by atoms with Crippen LogP contribution in [0.5, 0.6) is 0 Å². The number of nitrogens with zero attached hydrogens (tertiary/aromatic N) is 3. The van der Waals surface area contributed by atoms with E-state index in [1.165, 1.54) is 17.0 Å². The minimum atomic E-state index is -5.78. The monoisotopic (exact) mass is 654 g/mol. The van der Waals surface area contributed by atoms with E-state index in [2.05, 4.69) is 23.6 Å². The highest BCUT2D eigenvalue weighted by atomic mass is 31.3. The number of hydrogen-bond donors (Lipinski definition) is 7. The van der Waals surface area contributed by atoms with Crippen LogP contribution in [0.3, 0.4) is 0 Å². The standard InChI is InChI=1S/C19H25N6O14P3/c1-9(20)10-4-2-3-5-11(10)18(27)37-12-6-14(25-8-22-15-16(25)23-19(21)24-17(15)26)36-13(12)7-35-41(31,32)39-42(33,34)38-40(28,29)30/h2-5,8-9,12-14H,6-7,20H2,1H3,(H,31,32)(H,33,34)(H2,28,29,30)(H3,21,23,24,26)/t9?,12-,13?,14?/m1/s1. The molecular weight excluding hydrogens is 629 g/mol. The molecule has 0 aliphatic carbocycles. The molecule has 2 aromatic heterocycles. The third-order valence-electron chi connectivity index (χ3n) is 5.69. The Kier molecular flexibility index (Phi) is 9.20. The lowest BCUT2D eigenvalue weighted by molar-refractivity contribution is -0.0490. The van der Waals surface area contributed by atoms with Crippen molar-refractivity contribution < 1.29 is 60.7 Å². The van der Waals surface area contributed by atoms with Gasteiger partial charge in [-0.1, -0.05) is 18.2 Å². The molecule has 0 spiro atoms. The number of anilines is 1. The number of phosphoric acid groups is 3. The Morgan fingerprint density at radius 1 is 1.19 bits per heavy atom. The van der Waals surface area contributed by atoms with E-state index in [9.17, 15) is 33.1 Å². The van der Waals surface area contributed by atoms with Gasteiger partial charge in [-0.05, 0) is 18.6 Å². The fourth-order valence-corrected chi connectivity index (χ4v) is 7.08. The summed E-state index contributed by atoms with van der Waals surface area (Å²) in [5.74, 6) is -1.07. The number of aromatic nitrogens is 4. The van der Waals surface area contributed by atoms with Gasteiger partial charge in [0.2, 0.25) is 5.95 Å². The van der Waals surface area contributed by atoms with E-state index in [1.807, 2.05) is 0 Å². The molecule has 23 heteroatoms. The van der Waals surface area contributed by atoms with Gasteiger partial charge in [0.25, 0.3) is 5.56 Å². The third kappa shape index (κ3) is 7.76. The van der Waals surface area contributed by atoms with Gasteiger partial charge in [0.15, 0.2) is 11.2 Å². The summed E-state index contributed by atoms with van der Waals surface area (Å²) in [4.78, 5) is 72.3. The van der Waals surface area contributed by atoms with Crippen molar-refractivity contribution in [2.24, 2.45) is 5.73 Å². The topological polar surface area (TPSA) is 311 Å². The fourth-order valence-electron chi connectivity index (χ4n) is 4.05. The molecule has 20 nitrogen and oxygen atoms in total. The van der Waals surface area contributed by atoms with E-state index in [1.54, 1.807) is 25.1 Å². The summed E-state index contributed by atoms with van der Waals surface area (Å²) in [5, 5.41) is 0. The zero-order valence-electron chi connectivity index (χ0n) is 21.3. The summed E-state index contributed by atoms with van der Waals surface area (Å²) in [7, 11) is -16.9. The number of aromatic amines is 1. The lowest BCUT2D eigenvalue weighted by atomic mass is 10.0. The summed E-state index contributed by atoms with van der Waals surface area (Å²) < 4.78 is 59.7. The zero-order valence-corrected chi connectivity index (χ0v) is 24.0. The molecule has 5 unspecified atom stereocenters. The Morgan fingerprint density at radius 3 is 2.55 bits per heavy atom. The average molecular weight is 654 g/mol. The number of carbonyl (C=O) groups excluding carboxylic acids is 1. The molecule has 3 heterocycles. The minimum absolute atomic E-state index is 0.00200. The molecule has 0 saturated carbocycles. The molecule has 1 aromatic carbocycles.